The first kappa shape index (κ1) is 23.0. The van der Waals surface area contributed by atoms with E-state index in [1.54, 1.807) is 0 Å². The Morgan fingerprint density at radius 2 is 1.58 bits per heavy atom. The third-order valence-electron chi connectivity index (χ3n) is 4.40. The van der Waals surface area contributed by atoms with E-state index in [0.717, 1.165) is 4.90 Å². The van der Waals surface area contributed by atoms with Gasteiger partial charge in [-0.2, -0.15) is 0 Å². The van der Waals surface area contributed by atoms with Crippen LogP contribution in [0.15, 0.2) is 30.3 Å². The van der Waals surface area contributed by atoms with Gasteiger partial charge in [-0.15, -0.1) is 0 Å². The number of anilines is 1. The zero-order valence-corrected chi connectivity index (χ0v) is 18.4. The Bertz CT molecular complexity index is 1050. The molecule has 0 spiro atoms. The quantitative estimate of drug-likeness (QED) is 0.464. The van der Waals surface area contributed by atoms with Gasteiger partial charge in [-0.1, -0.05) is 34.8 Å². The Morgan fingerprint density at radius 1 is 0.968 bits per heavy atom. The second-order valence-electron chi connectivity index (χ2n) is 6.50. The van der Waals surface area contributed by atoms with Crippen molar-refractivity contribution in [2.24, 2.45) is 0 Å². The summed E-state index contributed by atoms with van der Waals surface area (Å²) in [5, 5.41) is 5.57. The van der Waals surface area contributed by atoms with Gasteiger partial charge in [0.25, 0.3) is 17.7 Å². The second kappa shape index (κ2) is 9.65. The number of imide groups is 1. The van der Waals surface area contributed by atoms with Crippen molar-refractivity contribution >= 4 is 64.1 Å². The lowest BCUT2D eigenvalue weighted by molar-refractivity contribution is -0.116. The molecule has 0 fully saturated rings. The van der Waals surface area contributed by atoms with Gasteiger partial charge in [-0.3, -0.25) is 24.1 Å². The molecule has 0 atom stereocenters. The third kappa shape index (κ3) is 4.99. The van der Waals surface area contributed by atoms with E-state index < -0.39 is 24.3 Å². The normalized spacial score (nSPS) is 12.7. The molecule has 1 heterocycles. The standard InChI is InChI=1S/C20H16Cl3N3O5/c1-31-5-4-24-18(28)11-3-2-10(6-14(11)21)25-17(27)9-26-19(29)12-7-15(22)16(23)8-13(12)20(26)30/h2-3,6-8H,4-5,9H2,1H3,(H,24,28)(H,25,27). The molecule has 11 heteroatoms. The molecule has 0 radical (unpaired) electrons. The van der Waals surface area contributed by atoms with Crippen LogP contribution in [0.2, 0.25) is 15.1 Å². The van der Waals surface area contributed by atoms with Crippen LogP contribution in [0, 0.1) is 0 Å². The Balaban J connectivity index is 1.66. The minimum Gasteiger partial charge on any atom is -0.383 e. The lowest BCUT2D eigenvalue weighted by Gasteiger charge is -2.14. The molecule has 1 aliphatic heterocycles. The van der Waals surface area contributed by atoms with Crippen LogP contribution in [0.3, 0.4) is 0 Å². The lowest BCUT2D eigenvalue weighted by atomic mass is 10.1. The monoisotopic (exact) mass is 483 g/mol. The molecule has 0 bridgehead atoms. The fourth-order valence-corrected chi connectivity index (χ4v) is 3.50. The maximum atomic E-state index is 12.5. The number of benzene rings is 2. The Morgan fingerprint density at radius 3 is 2.13 bits per heavy atom. The van der Waals surface area contributed by atoms with Crippen LogP contribution < -0.4 is 10.6 Å². The predicted octanol–water partition coefficient (Wildman–Crippen LogP) is 3.26. The molecular formula is C20H16Cl3N3O5. The highest BCUT2D eigenvalue weighted by Gasteiger charge is 2.37. The Labute approximate surface area is 192 Å². The van der Waals surface area contributed by atoms with Gasteiger partial charge in [0.15, 0.2) is 0 Å². The zero-order chi connectivity index (χ0) is 22.7. The summed E-state index contributed by atoms with van der Waals surface area (Å²) in [5.74, 6) is -2.30. The number of hydrogen-bond donors (Lipinski definition) is 2. The molecule has 2 aromatic carbocycles. The number of ether oxygens (including phenoxy) is 1. The Hall–Kier alpha value is -2.65. The molecule has 162 valence electrons. The summed E-state index contributed by atoms with van der Waals surface area (Å²) in [6, 6.07) is 6.93. The second-order valence-corrected chi connectivity index (χ2v) is 7.72. The SMILES string of the molecule is COCCNC(=O)c1ccc(NC(=O)CN2C(=O)c3cc(Cl)c(Cl)cc3C2=O)cc1Cl. The van der Waals surface area contributed by atoms with E-state index in [1.165, 1.54) is 37.4 Å². The fourth-order valence-electron chi connectivity index (χ4n) is 2.91. The first-order valence-corrected chi connectivity index (χ1v) is 10.1. The average molecular weight is 485 g/mol. The molecule has 4 amide bonds. The van der Waals surface area contributed by atoms with Crippen LogP contribution in [0.4, 0.5) is 5.69 Å². The smallest absolute Gasteiger partial charge is 0.262 e. The predicted molar refractivity (Wildman–Crippen MR) is 116 cm³/mol. The number of carbonyl (C=O) groups is 4. The number of methoxy groups -OCH3 is 1. The molecule has 31 heavy (non-hydrogen) atoms. The highest BCUT2D eigenvalue weighted by atomic mass is 35.5. The van der Waals surface area contributed by atoms with Crippen LogP contribution in [-0.2, 0) is 9.53 Å². The summed E-state index contributed by atoms with van der Waals surface area (Å²) in [6.45, 7) is 0.160. The third-order valence-corrected chi connectivity index (χ3v) is 5.44. The van der Waals surface area contributed by atoms with Crippen molar-refractivity contribution in [1.29, 1.82) is 0 Å². The molecule has 0 aromatic heterocycles. The summed E-state index contributed by atoms with van der Waals surface area (Å²) in [7, 11) is 1.52. The van der Waals surface area contributed by atoms with Crippen molar-refractivity contribution in [2.75, 3.05) is 32.1 Å². The number of nitrogens with one attached hydrogen (secondary N) is 2. The largest absolute Gasteiger partial charge is 0.383 e. The molecule has 1 aliphatic rings. The first-order valence-electron chi connectivity index (χ1n) is 8.94. The van der Waals surface area contributed by atoms with E-state index in [1.807, 2.05) is 0 Å². The van der Waals surface area contributed by atoms with Crippen molar-refractivity contribution in [1.82, 2.24) is 10.2 Å². The minimum atomic E-state index is -0.644. The highest BCUT2D eigenvalue weighted by molar-refractivity contribution is 6.43. The average Bonchev–Trinajstić information content (AvgIpc) is 2.93. The van der Waals surface area contributed by atoms with Crippen molar-refractivity contribution < 1.29 is 23.9 Å². The van der Waals surface area contributed by atoms with Crippen LogP contribution in [0.5, 0.6) is 0 Å². The molecule has 8 nitrogen and oxygen atoms in total. The molecule has 2 aromatic rings. The van der Waals surface area contributed by atoms with Gasteiger partial charge in [0.1, 0.15) is 6.54 Å². The number of rotatable bonds is 7. The Kier molecular flexibility index (Phi) is 7.17. The first-order chi connectivity index (χ1) is 14.7. The highest BCUT2D eigenvalue weighted by Crippen LogP contribution is 2.31. The maximum absolute atomic E-state index is 12.5. The molecule has 3 rings (SSSR count). The number of carbonyl (C=O) groups excluding carboxylic acids is 4. The molecular weight excluding hydrogens is 469 g/mol. The van der Waals surface area contributed by atoms with Gasteiger partial charge in [0, 0.05) is 19.3 Å². The van der Waals surface area contributed by atoms with Crippen LogP contribution in [-0.4, -0.2) is 55.3 Å². The number of amides is 4. The summed E-state index contributed by atoms with van der Waals surface area (Å²) in [5.41, 5.74) is 0.689. The molecule has 0 saturated heterocycles. The number of nitrogens with zero attached hydrogens (tertiary/aromatic N) is 1. The molecule has 2 N–H and O–H groups in total. The summed E-state index contributed by atoms with van der Waals surface area (Å²) < 4.78 is 4.86. The minimum absolute atomic E-state index is 0.0825. The molecule has 0 unspecified atom stereocenters. The summed E-state index contributed by atoms with van der Waals surface area (Å²) >= 11 is 18.0. The van der Waals surface area contributed by atoms with Gasteiger partial charge in [0.2, 0.25) is 5.91 Å². The maximum Gasteiger partial charge on any atom is 0.262 e. The van der Waals surface area contributed by atoms with Crippen molar-refractivity contribution in [3.63, 3.8) is 0 Å². The fraction of sp³-hybridized carbons (Fsp3) is 0.200. The van der Waals surface area contributed by atoms with E-state index in [4.69, 9.17) is 39.5 Å². The van der Waals surface area contributed by atoms with E-state index in [-0.39, 0.29) is 37.7 Å². The topological polar surface area (TPSA) is 105 Å². The van der Waals surface area contributed by atoms with Crippen molar-refractivity contribution in [3.05, 3.63) is 62.1 Å². The van der Waals surface area contributed by atoms with Crippen molar-refractivity contribution in [2.45, 2.75) is 0 Å². The summed E-state index contributed by atoms with van der Waals surface area (Å²) in [4.78, 5) is 50.3. The van der Waals surface area contributed by atoms with E-state index in [0.29, 0.717) is 18.8 Å². The van der Waals surface area contributed by atoms with Gasteiger partial charge in [0.05, 0.1) is 38.4 Å². The summed E-state index contributed by atoms with van der Waals surface area (Å²) in [6.07, 6.45) is 0. The van der Waals surface area contributed by atoms with E-state index in [9.17, 15) is 19.2 Å². The number of halogens is 3. The van der Waals surface area contributed by atoms with Gasteiger partial charge < -0.3 is 15.4 Å². The van der Waals surface area contributed by atoms with E-state index >= 15 is 0 Å². The number of fused-ring (bicyclic) bond motifs is 1. The van der Waals surface area contributed by atoms with Gasteiger partial charge >= 0.3 is 0 Å². The number of hydrogen-bond acceptors (Lipinski definition) is 5. The van der Waals surface area contributed by atoms with Crippen LogP contribution in [0.25, 0.3) is 0 Å². The molecule has 0 saturated carbocycles. The van der Waals surface area contributed by atoms with Crippen LogP contribution >= 0.6 is 34.8 Å². The zero-order valence-electron chi connectivity index (χ0n) is 16.1. The van der Waals surface area contributed by atoms with Gasteiger partial charge in [-0.05, 0) is 30.3 Å². The lowest BCUT2D eigenvalue weighted by Crippen LogP contribution is -2.37. The molecule has 0 aliphatic carbocycles. The van der Waals surface area contributed by atoms with Crippen molar-refractivity contribution in [3.8, 4) is 0 Å². The van der Waals surface area contributed by atoms with Gasteiger partial charge in [-0.25, -0.2) is 0 Å². The van der Waals surface area contributed by atoms with Crippen LogP contribution in [0.1, 0.15) is 31.1 Å². The van der Waals surface area contributed by atoms with E-state index in [2.05, 4.69) is 10.6 Å².